The van der Waals surface area contributed by atoms with Crippen LogP contribution in [0.1, 0.15) is 86.4 Å². The summed E-state index contributed by atoms with van der Waals surface area (Å²) >= 11 is 0. The number of aliphatic carboxylic acids is 1. The van der Waals surface area contributed by atoms with Crippen molar-refractivity contribution in [3.8, 4) is 22.6 Å². The van der Waals surface area contributed by atoms with Crippen LogP contribution in [-0.2, 0) is 84.0 Å². The lowest BCUT2D eigenvalue weighted by atomic mass is 9.94. The Morgan fingerprint density at radius 1 is 0.473 bits per heavy atom. The van der Waals surface area contributed by atoms with Gasteiger partial charge in [0.1, 0.15) is 74.3 Å². The van der Waals surface area contributed by atoms with Crippen molar-refractivity contribution in [3.05, 3.63) is 227 Å². The minimum Gasteiger partial charge on any atom is -0.489 e. The number of carboxylic acid groups (broad SMARTS) is 1. The van der Waals surface area contributed by atoms with Crippen LogP contribution in [0.2, 0.25) is 0 Å². The number of aliphatic hydroxyl groups excluding tert-OH is 1. The third-order valence-electron chi connectivity index (χ3n) is 14.4. The van der Waals surface area contributed by atoms with Crippen molar-refractivity contribution in [2.24, 2.45) is 5.92 Å². The fourth-order valence-electron chi connectivity index (χ4n) is 9.37. The number of benzene rings is 7. The number of hydrogen-bond donors (Lipinski definition) is 7. The van der Waals surface area contributed by atoms with Crippen LogP contribution in [0.15, 0.2) is 188 Å². The van der Waals surface area contributed by atoms with Crippen LogP contribution in [0, 0.1) is 5.92 Å². The van der Waals surface area contributed by atoms with Gasteiger partial charge in [-0.2, -0.15) is 0 Å². The van der Waals surface area contributed by atoms with Gasteiger partial charge < -0.3 is 65.2 Å². The molecule has 0 saturated heterocycles. The van der Waals surface area contributed by atoms with E-state index in [0.717, 1.165) is 16.7 Å². The lowest BCUT2D eigenvalue weighted by Gasteiger charge is -2.28. The van der Waals surface area contributed by atoms with Gasteiger partial charge in [0.05, 0.1) is 6.10 Å². The van der Waals surface area contributed by atoms with E-state index < -0.39 is 96.8 Å². The van der Waals surface area contributed by atoms with E-state index in [1.54, 1.807) is 137 Å². The molecule has 7 N–H and O–H groups in total. The first-order chi connectivity index (χ1) is 43.8. The number of esters is 1. The molecule has 0 fully saturated rings. The van der Waals surface area contributed by atoms with Gasteiger partial charge in [0.15, 0.2) is 0 Å². The SMILES string of the molecule is CC[C@@H](C)C(NC(=O)[C@H](Cc1cc(-c2ccc(OCc3ccccc3)c(C[C@H](NC(=O)OCc3ccccc3)C(=O)O)c2)ccc1OCc1ccccc1)NC(=O)[C@H](C[C@@H](O)CNC(=O)OCc1ccccc1)NC(=O)OC(C)(C)C)C(=O)OCc1ccccc1. The standard InChI is InChI=1S/C71H79N5O15/c1-6-47(2)63(67(82)88-44-50-26-16-9-17-27-50)76-65(79)58(73-64(78)59(74-70(85)91-71(3,4)5)40-57(77)41-72-68(83)89-45-51-28-18-10-19-29-51)38-55-36-53(32-34-61(55)86-42-48-22-12-7-13-23-48)54-33-35-62(87-43-49-24-14-8-15-25-49)56(37-54)39-60(66(80)81)75-69(84)90-46-52-30-20-11-21-31-52/h7-37,47,57-60,63,77H,6,38-46H2,1-5H3,(H,72,83)(H,73,78)(H,74,85)(H,75,84)(H,76,79)(H,80,81)/t47-,57-,58+,59+,60+,63?/m1/s1. The molecule has 0 heterocycles. The number of ether oxygens (including phenoxy) is 6. The first-order valence-corrected chi connectivity index (χ1v) is 30.0. The van der Waals surface area contributed by atoms with E-state index in [1.165, 1.54) is 0 Å². The smallest absolute Gasteiger partial charge is 0.408 e. The zero-order valence-corrected chi connectivity index (χ0v) is 51.6. The van der Waals surface area contributed by atoms with Gasteiger partial charge in [0.25, 0.3) is 0 Å². The fourth-order valence-corrected chi connectivity index (χ4v) is 9.37. The normalized spacial score (nSPS) is 13.0. The summed E-state index contributed by atoms with van der Waals surface area (Å²) < 4.78 is 34.9. The molecule has 0 aliphatic rings. The zero-order chi connectivity index (χ0) is 65.1. The highest BCUT2D eigenvalue weighted by atomic mass is 16.6. The number of nitrogens with one attached hydrogen (secondary N) is 5. The molecule has 91 heavy (non-hydrogen) atoms. The largest absolute Gasteiger partial charge is 0.489 e. The van der Waals surface area contributed by atoms with E-state index in [4.69, 9.17) is 28.4 Å². The molecule has 7 aromatic carbocycles. The molecule has 20 nitrogen and oxygen atoms in total. The Labute approximate surface area is 530 Å². The Kier molecular flexibility index (Phi) is 25.9. The lowest BCUT2D eigenvalue weighted by Crippen LogP contribution is -2.58. The molecule has 7 aromatic rings. The molecule has 478 valence electrons. The van der Waals surface area contributed by atoms with Crippen LogP contribution in [0.5, 0.6) is 11.5 Å². The molecule has 0 spiro atoms. The second-order valence-electron chi connectivity index (χ2n) is 22.8. The minimum atomic E-state index is -1.60. The molecule has 0 radical (unpaired) electrons. The van der Waals surface area contributed by atoms with E-state index in [0.29, 0.717) is 45.6 Å². The number of rotatable bonds is 31. The third kappa shape index (κ3) is 23.0. The summed E-state index contributed by atoms with van der Waals surface area (Å²) in [6.07, 6.45) is -4.94. The molecule has 0 bridgehead atoms. The van der Waals surface area contributed by atoms with E-state index in [-0.39, 0.29) is 51.6 Å². The summed E-state index contributed by atoms with van der Waals surface area (Å²) in [6.45, 7) is 8.03. The first kappa shape index (κ1) is 68.3. The van der Waals surface area contributed by atoms with Gasteiger partial charge in [-0.3, -0.25) is 9.59 Å². The summed E-state index contributed by atoms with van der Waals surface area (Å²) in [4.78, 5) is 96.7. The van der Waals surface area contributed by atoms with E-state index in [9.17, 15) is 39.0 Å². The first-order valence-electron chi connectivity index (χ1n) is 30.0. The lowest BCUT2D eigenvalue weighted by molar-refractivity contribution is -0.151. The van der Waals surface area contributed by atoms with Crippen molar-refractivity contribution >= 4 is 42.0 Å². The maximum absolute atomic E-state index is 15.2. The maximum Gasteiger partial charge on any atom is 0.408 e. The van der Waals surface area contributed by atoms with Crippen molar-refractivity contribution in [2.45, 2.75) is 129 Å². The molecular weight excluding hydrogens is 1160 g/mol. The summed E-state index contributed by atoms with van der Waals surface area (Å²) in [6, 6.07) is 50.1. The van der Waals surface area contributed by atoms with Crippen LogP contribution in [0.4, 0.5) is 14.4 Å². The van der Waals surface area contributed by atoms with Crippen molar-refractivity contribution < 1.29 is 72.2 Å². The monoisotopic (exact) mass is 1240 g/mol. The Morgan fingerprint density at radius 2 is 0.879 bits per heavy atom. The fraction of sp³-hybridized carbons (Fsp3) is 0.310. The van der Waals surface area contributed by atoms with Crippen molar-refractivity contribution in [2.75, 3.05) is 6.54 Å². The minimum absolute atomic E-state index is 0.0556. The number of carboxylic acids is 1. The summed E-state index contributed by atoms with van der Waals surface area (Å²) in [5, 5.41) is 35.1. The molecule has 5 amide bonds. The predicted molar refractivity (Wildman–Crippen MR) is 340 cm³/mol. The summed E-state index contributed by atoms with van der Waals surface area (Å²) in [7, 11) is 0. The molecule has 6 atom stereocenters. The van der Waals surface area contributed by atoms with Gasteiger partial charge in [0.2, 0.25) is 11.8 Å². The van der Waals surface area contributed by atoms with E-state index in [1.807, 2.05) is 85.8 Å². The Morgan fingerprint density at radius 3 is 1.32 bits per heavy atom. The molecule has 0 aliphatic heterocycles. The molecular formula is C71H79N5O15. The second kappa shape index (κ2) is 34.5. The topological polar surface area (TPSA) is 275 Å². The van der Waals surface area contributed by atoms with Crippen LogP contribution in [-0.4, -0.2) is 94.7 Å². The van der Waals surface area contributed by atoms with Crippen molar-refractivity contribution in [1.82, 2.24) is 26.6 Å². The van der Waals surface area contributed by atoms with Gasteiger partial charge in [-0.1, -0.05) is 184 Å². The van der Waals surface area contributed by atoms with Crippen LogP contribution >= 0.6 is 0 Å². The Balaban J connectivity index is 1.25. The van der Waals surface area contributed by atoms with Gasteiger partial charge in [-0.25, -0.2) is 24.0 Å². The van der Waals surface area contributed by atoms with Gasteiger partial charge in [-0.05, 0) is 101 Å². The van der Waals surface area contributed by atoms with Gasteiger partial charge in [-0.15, -0.1) is 0 Å². The number of alkyl carbamates (subject to hydrolysis) is 3. The molecule has 1 unspecified atom stereocenters. The highest BCUT2D eigenvalue weighted by Crippen LogP contribution is 2.33. The van der Waals surface area contributed by atoms with Crippen molar-refractivity contribution in [3.63, 3.8) is 0 Å². The predicted octanol–water partition coefficient (Wildman–Crippen LogP) is 10.3. The number of carbonyl (C=O) groups is 7. The average molecular weight is 1240 g/mol. The molecule has 0 aliphatic carbocycles. The van der Waals surface area contributed by atoms with Gasteiger partial charge in [0, 0.05) is 25.8 Å². The molecule has 7 rings (SSSR count). The number of aliphatic hydroxyl groups is 1. The Hall–Kier alpha value is -10.2. The highest BCUT2D eigenvalue weighted by molar-refractivity contribution is 5.93. The van der Waals surface area contributed by atoms with Crippen LogP contribution in [0.3, 0.4) is 0 Å². The van der Waals surface area contributed by atoms with Crippen LogP contribution < -0.4 is 36.1 Å². The Bertz CT molecular complexity index is 3480. The summed E-state index contributed by atoms with van der Waals surface area (Å²) in [5.74, 6) is -3.71. The zero-order valence-electron chi connectivity index (χ0n) is 51.6. The third-order valence-corrected chi connectivity index (χ3v) is 14.4. The van der Waals surface area contributed by atoms with E-state index >= 15 is 4.79 Å². The number of hydrogen-bond acceptors (Lipinski definition) is 14. The highest BCUT2D eigenvalue weighted by Gasteiger charge is 2.35. The average Bonchev–Trinajstić information content (AvgIpc) is 1.75. The van der Waals surface area contributed by atoms with Crippen LogP contribution in [0.25, 0.3) is 11.1 Å². The quantitative estimate of drug-likeness (QED) is 0.0157. The molecule has 0 aromatic heterocycles. The summed E-state index contributed by atoms with van der Waals surface area (Å²) in [5.41, 5.74) is 4.61. The molecule has 20 heteroatoms. The molecule has 0 saturated carbocycles. The van der Waals surface area contributed by atoms with Crippen molar-refractivity contribution in [1.29, 1.82) is 0 Å². The maximum atomic E-state index is 15.2. The number of carbonyl (C=O) groups excluding carboxylic acids is 6. The van der Waals surface area contributed by atoms with Gasteiger partial charge >= 0.3 is 30.2 Å². The van der Waals surface area contributed by atoms with E-state index in [2.05, 4.69) is 26.6 Å². The number of amides is 5. The second-order valence-corrected chi connectivity index (χ2v) is 22.8.